The van der Waals surface area contributed by atoms with E-state index in [0.717, 1.165) is 21.8 Å². The van der Waals surface area contributed by atoms with Gasteiger partial charge in [-0.15, -0.1) is 0 Å². The van der Waals surface area contributed by atoms with Gasteiger partial charge in [0.05, 0.1) is 17.6 Å². The molecule has 0 bridgehead atoms. The molecule has 2 aromatic rings. The molecule has 0 aliphatic heterocycles. The van der Waals surface area contributed by atoms with E-state index in [9.17, 15) is 0 Å². The van der Waals surface area contributed by atoms with E-state index in [-0.39, 0.29) is 0 Å². The number of nitrogens with zero attached hydrogens (tertiary/aromatic N) is 2. The molecule has 2 rings (SSSR count). The fourth-order valence-corrected chi connectivity index (χ4v) is 1.82. The normalized spacial score (nSPS) is 10.6. The molecule has 0 amide bonds. The third-order valence-electron chi connectivity index (χ3n) is 2.49. The summed E-state index contributed by atoms with van der Waals surface area (Å²) in [6, 6.07) is 5.78. The SMILES string of the molecule is Cc1c(Cl)cccc1-c1c(N)cnn1C. The Kier molecular flexibility index (Phi) is 2.40. The van der Waals surface area contributed by atoms with Crippen molar-refractivity contribution in [2.45, 2.75) is 6.92 Å². The fourth-order valence-electron chi connectivity index (χ4n) is 1.65. The van der Waals surface area contributed by atoms with E-state index >= 15 is 0 Å². The second-order valence-corrected chi connectivity index (χ2v) is 3.89. The molecular weight excluding hydrogens is 210 g/mol. The van der Waals surface area contributed by atoms with Crippen molar-refractivity contribution < 1.29 is 0 Å². The number of rotatable bonds is 1. The standard InChI is InChI=1S/C11H12ClN3/c1-7-8(4-3-5-9(7)12)11-10(13)6-14-15(11)2/h3-6H,13H2,1-2H3. The van der Waals surface area contributed by atoms with Crippen LogP contribution in [0.25, 0.3) is 11.3 Å². The Morgan fingerprint density at radius 2 is 2.13 bits per heavy atom. The van der Waals surface area contributed by atoms with Gasteiger partial charge in [0.15, 0.2) is 0 Å². The van der Waals surface area contributed by atoms with Crippen LogP contribution in [0.1, 0.15) is 5.56 Å². The summed E-state index contributed by atoms with van der Waals surface area (Å²) >= 11 is 6.06. The number of hydrogen-bond donors (Lipinski definition) is 1. The first-order valence-corrected chi connectivity index (χ1v) is 5.02. The molecule has 3 nitrogen and oxygen atoms in total. The maximum atomic E-state index is 6.06. The van der Waals surface area contributed by atoms with E-state index in [0.29, 0.717) is 5.69 Å². The molecule has 0 atom stereocenters. The first-order valence-electron chi connectivity index (χ1n) is 4.64. The van der Waals surface area contributed by atoms with Crippen LogP contribution in [0.15, 0.2) is 24.4 Å². The average molecular weight is 222 g/mol. The number of benzene rings is 1. The minimum atomic E-state index is 0.669. The van der Waals surface area contributed by atoms with Crippen molar-refractivity contribution in [3.05, 3.63) is 35.0 Å². The summed E-state index contributed by atoms with van der Waals surface area (Å²) < 4.78 is 1.76. The smallest absolute Gasteiger partial charge is 0.0911 e. The van der Waals surface area contributed by atoms with Gasteiger partial charge < -0.3 is 5.73 Å². The summed E-state index contributed by atoms with van der Waals surface area (Å²) in [5, 5.41) is 4.86. The van der Waals surface area contributed by atoms with Crippen molar-refractivity contribution in [3.8, 4) is 11.3 Å². The van der Waals surface area contributed by atoms with Gasteiger partial charge in [-0.25, -0.2) is 0 Å². The zero-order valence-electron chi connectivity index (χ0n) is 8.66. The zero-order chi connectivity index (χ0) is 11.0. The zero-order valence-corrected chi connectivity index (χ0v) is 9.42. The fraction of sp³-hybridized carbons (Fsp3) is 0.182. The lowest BCUT2D eigenvalue weighted by Gasteiger charge is -2.08. The Morgan fingerprint density at radius 3 is 2.73 bits per heavy atom. The molecule has 4 heteroatoms. The van der Waals surface area contributed by atoms with Crippen LogP contribution in [0.5, 0.6) is 0 Å². The number of nitrogen functional groups attached to an aromatic ring is 1. The predicted octanol–water partition coefficient (Wildman–Crippen LogP) is 2.63. The quantitative estimate of drug-likeness (QED) is 0.805. The van der Waals surface area contributed by atoms with Crippen LogP contribution >= 0.6 is 11.6 Å². The maximum absolute atomic E-state index is 6.06. The summed E-state index contributed by atoms with van der Waals surface area (Å²) in [5.41, 5.74) is 9.50. The highest BCUT2D eigenvalue weighted by molar-refractivity contribution is 6.31. The van der Waals surface area contributed by atoms with E-state index in [1.807, 2.05) is 32.2 Å². The van der Waals surface area contributed by atoms with Crippen molar-refractivity contribution in [3.63, 3.8) is 0 Å². The van der Waals surface area contributed by atoms with Crippen LogP contribution in [0.2, 0.25) is 5.02 Å². The minimum absolute atomic E-state index is 0.669. The van der Waals surface area contributed by atoms with Gasteiger partial charge in [-0.1, -0.05) is 23.7 Å². The lowest BCUT2D eigenvalue weighted by atomic mass is 10.1. The van der Waals surface area contributed by atoms with E-state index in [2.05, 4.69) is 5.10 Å². The van der Waals surface area contributed by atoms with Crippen LogP contribution in [0.4, 0.5) is 5.69 Å². The van der Waals surface area contributed by atoms with E-state index in [1.54, 1.807) is 10.9 Å². The van der Waals surface area contributed by atoms with Crippen LogP contribution < -0.4 is 5.73 Å². The molecule has 1 heterocycles. The predicted molar refractivity (Wildman–Crippen MR) is 62.8 cm³/mol. The molecule has 0 fully saturated rings. The van der Waals surface area contributed by atoms with Gasteiger partial charge in [-0.2, -0.15) is 5.10 Å². The van der Waals surface area contributed by atoms with Gasteiger partial charge in [0.2, 0.25) is 0 Å². The third kappa shape index (κ3) is 1.59. The topological polar surface area (TPSA) is 43.8 Å². The molecule has 15 heavy (non-hydrogen) atoms. The van der Waals surface area contributed by atoms with Crippen molar-refractivity contribution in [2.75, 3.05) is 5.73 Å². The van der Waals surface area contributed by atoms with Crippen molar-refractivity contribution in [2.24, 2.45) is 7.05 Å². The molecular formula is C11H12ClN3. The van der Waals surface area contributed by atoms with E-state index in [1.165, 1.54) is 0 Å². The van der Waals surface area contributed by atoms with E-state index in [4.69, 9.17) is 17.3 Å². The maximum Gasteiger partial charge on any atom is 0.0911 e. The number of hydrogen-bond acceptors (Lipinski definition) is 2. The number of nitrogens with two attached hydrogens (primary N) is 1. The van der Waals surface area contributed by atoms with Gasteiger partial charge in [0, 0.05) is 17.6 Å². The van der Waals surface area contributed by atoms with Crippen molar-refractivity contribution in [1.82, 2.24) is 9.78 Å². The second kappa shape index (κ2) is 3.59. The van der Waals surface area contributed by atoms with Crippen LogP contribution in [-0.4, -0.2) is 9.78 Å². The van der Waals surface area contributed by atoms with Crippen LogP contribution in [0.3, 0.4) is 0 Å². The molecule has 0 radical (unpaired) electrons. The Hall–Kier alpha value is -1.48. The van der Waals surface area contributed by atoms with Crippen LogP contribution in [-0.2, 0) is 7.05 Å². The van der Waals surface area contributed by atoms with Crippen molar-refractivity contribution in [1.29, 1.82) is 0 Å². The Morgan fingerprint density at radius 1 is 1.40 bits per heavy atom. The number of anilines is 1. The molecule has 1 aromatic heterocycles. The lowest BCUT2D eigenvalue weighted by molar-refractivity contribution is 0.775. The highest BCUT2D eigenvalue weighted by atomic mass is 35.5. The van der Waals surface area contributed by atoms with Crippen molar-refractivity contribution >= 4 is 17.3 Å². The van der Waals surface area contributed by atoms with Gasteiger partial charge in [-0.05, 0) is 18.6 Å². The Labute approximate surface area is 93.5 Å². The Balaban J connectivity index is 2.69. The molecule has 0 aliphatic rings. The molecule has 0 saturated carbocycles. The Bertz CT molecular complexity index is 483. The molecule has 2 N–H and O–H groups in total. The second-order valence-electron chi connectivity index (χ2n) is 3.48. The van der Waals surface area contributed by atoms with Gasteiger partial charge in [0.25, 0.3) is 0 Å². The summed E-state index contributed by atoms with van der Waals surface area (Å²) in [6.45, 7) is 1.98. The molecule has 0 aliphatic carbocycles. The largest absolute Gasteiger partial charge is 0.396 e. The van der Waals surface area contributed by atoms with Gasteiger partial charge in [0.1, 0.15) is 0 Å². The molecule has 78 valence electrons. The first kappa shape index (κ1) is 10.1. The molecule has 0 spiro atoms. The number of aromatic nitrogens is 2. The molecule has 0 saturated heterocycles. The average Bonchev–Trinajstić information content (AvgIpc) is 2.52. The van der Waals surface area contributed by atoms with E-state index < -0.39 is 0 Å². The van der Waals surface area contributed by atoms with Gasteiger partial charge >= 0.3 is 0 Å². The monoisotopic (exact) mass is 221 g/mol. The summed E-state index contributed by atoms with van der Waals surface area (Å²) in [7, 11) is 1.87. The summed E-state index contributed by atoms with van der Waals surface area (Å²) in [6.07, 6.45) is 1.65. The summed E-state index contributed by atoms with van der Waals surface area (Å²) in [4.78, 5) is 0. The number of aryl methyl sites for hydroxylation is 1. The van der Waals surface area contributed by atoms with Crippen LogP contribution in [0, 0.1) is 6.92 Å². The number of halogens is 1. The first-order chi connectivity index (χ1) is 7.11. The highest BCUT2D eigenvalue weighted by Gasteiger charge is 2.11. The minimum Gasteiger partial charge on any atom is -0.396 e. The summed E-state index contributed by atoms with van der Waals surface area (Å²) in [5.74, 6) is 0. The molecule has 1 aromatic carbocycles. The van der Waals surface area contributed by atoms with Gasteiger partial charge in [-0.3, -0.25) is 4.68 Å². The third-order valence-corrected chi connectivity index (χ3v) is 2.90. The highest BCUT2D eigenvalue weighted by Crippen LogP contribution is 2.31. The molecule has 0 unspecified atom stereocenters. The lowest BCUT2D eigenvalue weighted by Crippen LogP contribution is -1.97.